The van der Waals surface area contributed by atoms with E-state index >= 15 is 0 Å². The van der Waals surface area contributed by atoms with Crippen molar-refractivity contribution in [1.82, 2.24) is 5.32 Å². The molecule has 7 nitrogen and oxygen atoms in total. The van der Waals surface area contributed by atoms with Crippen molar-refractivity contribution < 1.29 is 23.9 Å². The van der Waals surface area contributed by atoms with Crippen LogP contribution in [0.4, 0.5) is 5.69 Å². The number of rotatable bonds is 6. The molecule has 182 valence electrons. The van der Waals surface area contributed by atoms with Crippen LogP contribution in [0.1, 0.15) is 50.7 Å². The number of carbonyl (C=O) groups excluding carboxylic acids is 3. The Kier molecular flexibility index (Phi) is 5.79. The molecule has 2 saturated heterocycles. The second-order valence-electron chi connectivity index (χ2n) is 10.8. The average Bonchev–Trinajstić information content (AvgIpc) is 3.53. The summed E-state index contributed by atoms with van der Waals surface area (Å²) in [5, 5.41) is 3.05. The maximum absolute atomic E-state index is 13.6. The quantitative estimate of drug-likeness (QED) is 0.514. The van der Waals surface area contributed by atoms with Gasteiger partial charge in [0.05, 0.1) is 18.6 Å². The normalized spacial score (nSPS) is 30.8. The summed E-state index contributed by atoms with van der Waals surface area (Å²) in [6.07, 6.45) is 6.53. The van der Waals surface area contributed by atoms with Gasteiger partial charge in [-0.3, -0.25) is 14.4 Å². The first kappa shape index (κ1) is 23.1. The highest BCUT2D eigenvalue weighted by Crippen LogP contribution is 2.53. The Bertz CT molecular complexity index is 1020. The summed E-state index contributed by atoms with van der Waals surface area (Å²) in [4.78, 5) is 41.7. The van der Waals surface area contributed by atoms with E-state index in [0.717, 1.165) is 42.5 Å². The molecule has 3 fully saturated rings. The van der Waals surface area contributed by atoms with Crippen LogP contribution in [-0.2, 0) is 23.9 Å². The molecular formula is C27H34N2O5. The van der Waals surface area contributed by atoms with Crippen LogP contribution in [0.25, 0.3) is 0 Å². The molecule has 0 aromatic heterocycles. The molecule has 5 rings (SSSR count). The van der Waals surface area contributed by atoms with Crippen LogP contribution in [0.2, 0.25) is 0 Å². The predicted molar refractivity (Wildman–Crippen MR) is 127 cm³/mol. The highest BCUT2D eigenvalue weighted by Gasteiger charge is 2.67. The number of anilines is 1. The van der Waals surface area contributed by atoms with Crippen molar-refractivity contribution in [3.05, 3.63) is 41.5 Å². The molecular weight excluding hydrogens is 432 g/mol. The molecule has 0 unspecified atom stereocenters. The van der Waals surface area contributed by atoms with Crippen LogP contribution >= 0.6 is 0 Å². The van der Waals surface area contributed by atoms with Crippen molar-refractivity contribution in [3.63, 3.8) is 0 Å². The standard InChI is InChI=1S/C27H34N2O5/c1-15(2)23(24(30)28-18-7-5-6-8-18)33-26(32)21-20-9-10-27(34-20)14-29(25(31)22(21)27)19-12-16(3)11-17(4)13-19/h9-13,15,18,20-23H,5-8,14H2,1-4H3,(H,28,30)/t20-,21+,22-,23+,27-/m1/s1. The summed E-state index contributed by atoms with van der Waals surface area (Å²) < 4.78 is 12.1. The van der Waals surface area contributed by atoms with Gasteiger partial charge in [0.1, 0.15) is 11.5 Å². The van der Waals surface area contributed by atoms with Crippen molar-refractivity contribution >= 4 is 23.5 Å². The van der Waals surface area contributed by atoms with Gasteiger partial charge in [-0.2, -0.15) is 0 Å². The maximum Gasteiger partial charge on any atom is 0.313 e. The molecule has 1 N–H and O–H groups in total. The van der Waals surface area contributed by atoms with E-state index in [1.165, 1.54) is 0 Å². The van der Waals surface area contributed by atoms with Gasteiger partial charge in [-0.05, 0) is 55.9 Å². The van der Waals surface area contributed by atoms with Crippen molar-refractivity contribution in [3.8, 4) is 0 Å². The lowest BCUT2D eigenvalue weighted by Crippen LogP contribution is -2.47. The number of fused-ring (bicyclic) bond motifs is 1. The summed E-state index contributed by atoms with van der Waals surface area (Å²) in [6, 6.07) is 6.17. The Morgan fingerprint density at radius 1 is 1.15 bits per heavy atom. The van der Waals surface area contributed by atoms with E-state index in [2.05, 4.69) is 11.4 Å². The Hall–Kier alpha value is -2.67. The van der Waals surface area contributed by atoms with E-state index in [-0.39, 0.29) is 23.8 Å². The third-order valence-corrected chi connectivity index (χ3v) is 7.70. The zero-order valence-corrected chi connectivity index (χ0v) is 20.4. The third-order valence-electron chi connectivity index (χ3n) is 7.70. The van der Waals surface area contributed by atoms with Gasteiger partial charge in [-0.25, -0.2) is 0 Å². The van der Waals surface area contributed by atoms with E-state index in [0.29, 0.717) is 6.54 Å². The topological polar surface area (TPSA) is 84.9 Å². The van der Waals surface area contributed by atoms with E-state index in [1.54, 1.807) is 4.90 Å². The Labute approximate surface area is 200 Å². The van der Waals surface area contributed by atoms with E-state index in [4.69, 9.17) is 9.47 Å². The molecule has 3 aliphatic heterocycles. The van der Waals surface area contributed by atoms with E-state index < -0.39 is 35.6 Å². The molecule has 1 spiro atoms. The lowest BCUT2D eigenvalue weighted by Gasteiger charge is -2.27. The minimum atomic E-state index is -0.890. The van der Waals surface area contributed by atoms with Crippen LogP contribution in [0.3, 0.4) is 0 Å². The Balaban J connectivity index is 1.35. The van der Waals surface area contributed by atoms with Crippen molar-refractivity contribution in [1.29, 1.82) is 0 Å². The predicted octanol–water partition coefficient (Wildman–Crippen LogP) is 3.22. The van der Waals surface area contributed by atoms with Gasteiger partial charge in [0.25, 0.3) is 5.91 Å². The fraction of sp³-hybridized carbons (Fsp3) is 0.593. The second-order valence-corrected chi connectivity index (χ2v) is 10.8. The molecule has 1 aromatic carbocycles. The average molecular weight is 467 g/mol. The van der Waals surface area contributed by atoms with Gasteiger partial charge < -0.3 is 19.7 Å². The number of nitrogens with one attached hydrogen (secondary N) is 1. The minimum absolute atomic E-state index is 0.129. The fourth-order valence-electron chi connectivity index (χ4n) is 6.14. The summed E-state index contributed by atoms with van der Waals surface area (Å²) in [7, 11) is 0. The number of ether oxygens (including phenoxy) is 2. The Morgan fingerprint density at radius 2 is 1.82 bits per heavy atom. The third kappa shape index (κ3) is 3.84. The number of benzene rings is 1. The summed E-state index contributed by atoms with van der Waals surface area (Å²) >= 11 is 0. The summed E-state index contributed by atoms with van der Waals surface area (Å²) in [5.41, 5.74) is 2.13. The summed E-state index contributed by atoms with van der Waals surface area (Å²) in [6.45, 7) is 8.11. The minimum Gasteiger partial charge on any atom is -0.452 e. The number of hydrogen-bond acceptors (Lipinski definition) is 5. The molecule has 34 heavy (non-hydrogen) atoms. The molecule has 3 heterocycles. The lowest BCUT2D eigenvalue weighted by molar-refractivity contribution is -0.165. The molecule has 1 saturated carbocycles. The molecule has 5 atom stereocenters. The zero-order valence-electron chi connectivity index (χ0n) is 20.4. The van der Waals surface area contributed by atoms with E-state index in [1.807, 2.05) is 52.0 Å². The number of amides is 2. The zero-order chi connectivity index (χ0) is 24.2. The SMILES string of the molecule is Cc1cc(C)cc(N2C[C@@]34C=C[C@@H](O3)[C@H](C(=O)O[C@H](C(=O)NC3CCCC3)C(C)C)[C@@H]4C2=O)c1. The lowest BCUT2D eigenvalue weighted by atomic mass is 9.77. The number of aryl methyl sites for hydroxylation is 2. The number of carbonyl (C=O) groups is 3. The van der Waals surface area contributed by atoms with Crippen molar-refractivity contribution in [2.75, 3.05) is 11.4 Å². The molecule has 2 amide bonds. The van der Waals surface area contributed by atoms with Crippen LogP contribution in [0.5, 0.6) is 0 Å². The Morgan fingerprint density at radius 3 is 2.47 bits per heavy atom. The van der Waals surface area contributed by atoms with Crippen molar-refractivity contribution in [2.45, 2.75) is 77.2 Å². The van der Waals surface area contributed by atoms with Gasteiger partial charge >= 0.3 is 5.97 Å². The first-order chi connectivity index (χ1) is 16.2. The van der Waals surface area contributed by atoms with Gasteiger partial charge in [0.2, 0.25) is 5.91 Å². The molecule has 1 aromatic rings. The van der Waals surface area contributed by atoms with Crippen LogP contribution in [-0.4, -0.2) is 48.2 Å². The van der Waals surface area contributed by atoms with Gasteiger partial charge in [0, 0.05) is 11.7 Å². The molecule has 7 heteroatoms. The number of esters is 1. The van der Waals surface area contributed by atoms with Crippen LogP contribution in [0, 0.1) is 31.6 Å². The highest BCUT2D eigenvalue weighted by molar-refractivity contribution is 6.03. The smallest absolute Gasteiger partial charge is 0.313 e. The van der Waals surface area contributed by atoms with Gasteiger partial charge in [-0.1, -0.05) is 44.9 Å². The fourth-order valence-corrected chi connectivity index (χ4v) is 6.14. The number of nitrogens with zero attached hydrogens (tertiary/aromatic N) is 1. The van der Waals surface area contributed by atoms with E-state index in [9.17, 15) is 14.4 Å². The summed E-state index contributed by atoms with van der Waals surface area (Å²) in [5.74, 6) is -2.50. The maximum atomic E-state index is 13.6. The van der Waals surface area contributed by atoms with Crippen LogP contribution < -0.4 is 10.2 Å². The highest BCUT2D eigenvalue weighted by atomic mass is 16.6. The largest absolute Gasteiger partial charge is 0.452 e. The molecule has 1 aliphatic carbocycles. The number of hydrogen-bond donors (Lipinski definition) is 1. The first-order valence-corrected chi connectivity index (χ1v) is 12.5. The second kappa shape index (κ2) is 8.52. The monoisotopic (exact) mass is 466 g/mol. The van der Waals surface area contributed by atoms with Crippen molar-refractivity contribution in [2.24, 2.45) is 17.8 Å². The molecule has 2 bridgehead atoms. The molecule has 4 aliphatic rings. The first-order valence-electron chi connectivity index (χ1n) is 12.5. The molecule has 0 radical (unpaired) electrons. The van der Waals surface area contributed by atoms with Crippen LogP contribution in [0.15, 0.2) is 30.4 Å². The van der Waals surface area contributed by atoms with Gasteiger partial charge in [0.15, 0.2) is 6.10 Å². The van der Waals surface area contributed by atoms with Gasteiger partial charge in [-0.15, -0.1) is 0 Å².